The van der Waals surface area contributed by atoms with E-state index in [9.17, 15) is 26.0 Å². The lowest BCUT2D eigenvalue weighted by atomic mass is 9.64. The fraction of sp³-hybridized carbons (Fsp3) is 0.458. The zero-order chi connectivity index (χ0) is 26.0. The van der Waals surface area contributed by atoms with E-state index in [1.807, 2.05) is 0 Å². The standard InChI is InChI=1S/C24H24ClF2NO6S2/c1-13(29)10-16-11-17-18-12-34-23-20(27)7-6-19(26)22(23)24(18,9-8-21(17)28-36(16,32)33)35(30,31)15-4-2-14(25)3-5-15/h2-7,16-18,21,28H,8-12H2,1H3/t16-,17+,18+,21-,24+/m1/s1. The predicted octanol–water partition coefficient (Wildman–Crippen LogP) is 3.75. The van der Waals surface area contributed by atoms with Crippen LogP contribution in [0.15, 0.2) is 41.3 Å². The van der Waals surface area contributed by atoms with Crippen LogP contribution >= 0.6 is 11.6 Å². The Morgan fingerprint density at radius 1 is 1.17 bits per heavy atom. The summed E-state index contributed by atoms with van der Waals surface area (Å²) in [5.41, 5.74) is -0.372. The molecule has 2 aromatic rings. The predicted molar refractivity (Wildman–Crippen MR) is 128 cm³/mol. The summed E-state index contributed by atoms with van der Waals surface area (Å²) < 4.78 is 91.1. The fourth-order valence-electron chi connectivity index (χ4n) is 6.22. The number of Topliss-reactive ketones (excluding diaryl/α,β-unsaturated/α-hetero) is 1. The number of benzene rings is 2. The second-order valence-corrected chi connectivity index (χ2v) is 14.4. The van der Waals surface area contributed by atoms with Gasteiger partial charge in [0.2, 0.25) is 10.0 Å². The van der Waals surface area contributed by atoms with Crippen LogP contribution in [-0.4, -0.2) is 40.5 Å². The molecule has 0 radical (unpaired) electrons. The molecule has 0 amide bonds. The molecule has 5 rings (SSSR count). The number of nitrogens with one attached hydrogen (secondary N) is 1. The Kier molecular flexibility index (Phi) is 6.21. The number of carbonyl (C=O) groups is 1. The number of sulfonamides is 1. The number of hydrogen-bond acceptors (Lipinski definition) is 6. The minimum atomic E-state index is -4.36. The Morgan fingerprint density at radius 3 is 2.50 bits per heavy atom. The van der Waals surface area contributed by atoms with Crippen LogP contribution in [-0.2, 0) is 29.4 Å². The van der Waals surface area contributed by atoms with Crippen molar-refractivity contribution in [3.8, 4) is 5.75 Å². The summed E-state index contributed by atoms with van der Waals surface area (Å²) in [5.74, 6) is -4.06. The quantitative estimate of drug-likeness (QED) is 0.611. The van der Waals surface area contributed by atoms with Crippen LogP contribution in [0.25, 0.3) is 0 Å². The molecule has 2 aliphatic heterocycles. The first-order valence-corrected chi connectivity index (χ1v) is 14.9. The first-order chi connectivity index (χ1) is 16.9. The maximum absolute atomic E-state index is 15.5. The summed E-state index contributed by atoms with van der Waals surface area (Å²) in [5, 5.41) is -0.755. The van der Waals surface area contributed by atoms with Gasteiger partial charge in [0.25, 0.3) is 0 Å². The van der Waals surface area contributed by atoms with E-state index >= 15 is 4.39 Å². The topological polar surface area (TPSA) is 107 Å². The molecule has 194 valence electrons. The van der Waals surface area contributed by atoms with Crippen molar-refractivity contribution in [2.24, 2.45) is 11.8 Å². The van der Waals surface area contributed by atoms with E-state index in [0.717, 1.165) is 12.1 Å². The number of halogens is 3. The Morgan fingerprint density at radius 2 is 1.83 bits per heavy atom. The van der Waals surface area contributed by atoms with Crippen LogP contribution in [0.4, 0.5) is 8.78 Å². The number of rotatable bonds is 4. The Labute approximate surface area is 213 Å². The van der Waals surface area contributed by atoms with Gasteiger partial charge in [0.1, 0.15) is 16.3 Å². The van der Waals surface area contributed by atoms with Crippen LogP contribution < -0.4 is 9.46 Å². The molecule has 0 unspecified atom stereocenters. The van der Waals surface area contributed by atoms with Crippen LogP contribution in [0.2, 0.25) is 5.02 Å². The summed E-state index contributed by atoms with van der Waals surface area (Å²) in [4.78, 5) is 11.7. The molecule has 36 heavy (non-hydrogen) atoms. The van der Waals surface area contributed by atoms with Crippen LogP contribution in [0.3, 0.4) is 0 Å². The highest BCUT2D eigenvalue weighted by molar-refractivity contribution is 7.92. The van der Waals surface area contributed by atoms with Crippen LogP contribution in [0.1, 0.15) is 38.2 Å². The second kappa shape index (κ2) is 8.75. The van der Waals surface area contributed by atoms with Crippen LogP contribution in [0.5, 0.6) is 5.75 Å². The van der Waals surface area contributed by atoms with Gasteiger partial charge in [0.15, 0.2) is 21.4 Å². The first-order valence-electron chi connectivity index (χ1n) is 11.5. The Balaban J connectivity index is 1.72. The second-order valence-electron chi connectivity index (χ2n) is 9.73. The molecule has 2 fully saturated rings. The molecule has 12 heteroatoms. The van der Waals surface area contributed by atoms with E-state index in [1.54, 1.807) is 0 Å². The highest BCUT2D eigenvalue weighted by Gasteiger charge is 2.64. The van der Waals surface area contributed by atoms with Crippen molar-refractivity contribution in [1.29, 1.82) is 0 Å². The lowest BCUT2D eigenvalue weighted by Gasteiger charge is -2.54. The fourth-order valence-corrected chi connectivity index (χ4v) is 10.6. The van der Waals surface area contributed by atoms with E-state index in [0.29, 0.717) is 5.02 Å². The van der Waals surface area contributed by atoms with Gasteiger partial charge in [-0.1, -0.05) is 11.6 Å². The zero-order valence-electron chi connectivity index (χ0n) is 19.2. The third-order valence-electron chi connectivity index (χ3n) is 7.76. The highest BCUT2D eigenvalue weighted by atomic mass is 35.5. The van der Waals surface area contributed by atoms with Crippen molar-refractivity contribution in [1.82, 2.24) is 4.72 Å². The van der Waals surface area contributed by atoms with Crippen LogP contribution in [0, 0.1) is 23.5 Å². The molecular formula is C24H24ClF2NO6S2. The lowest BCUT2D eigenvalue weighted by Crippen LogP contribution is -2.63. The maximum Gasteiger partial charge on any atom is 0.215 e. The third kappa shape index (κ3) is 3.77. The molecule has 0 bridgehead atoms. The number of hydrogen-bond donors (Lipinski definition) is 1. The molecule has 3 aliphatic rings. The maximum atomic E-state index is 15.5. The Hall–Kier alpha value is -2.08. The molecule has 1 saturated heterocycles. The Bertz CT molecular complexity index is 1450. The average Bonchev–Trinajstić information content (AvgIpc) is 2.81. The number of ketones is 1. The lowest BCUT2D eigenvalue weighted by molar-refractivity contribution is -0.117. The van der Waals surface area contributed by atoms with E-state index in [1.165, 1.54) is 31.2 Å². The zero-order valence-corrected chi connectivity index (χ0v) is 21.6. The van der Waals surface area contributed by atoms with Gasteiger partial charge in [-0.15, -0.1) is 0 Å². The van der Waals surface area contributed by atoms with E-state index < -0.39 is 65.1 Å². The first kappa shape index (κ1) is 25.6. The van der Waals surface area contributed by atoms with Gasteiger partial charge in [-0.25, -0.2) is 30.3 Å². The van der Waals surface area contributed by atoms with Crippen molar-refractivity contribution in [2.75, 3.05) is 6.61 Å². The van der Waals surface area contributed by atoms with Crippen molar-refractivity contribution in [3.05, 3.63) is 58.6 Å². The van der Waals surface area contributed by atoms with Gasteiger partial charge in [-0.2, -0.15) is 0 Å². The molecule has 0 spiro atoms. The van der Waals surface area contributed by atoms with Gasteiger partial charge < -0.3 is 4.74 Å². The third-order valence-corrected chi connectivity index (χ3v) is 12.4. The summed E-state index contributed by atoms with van der Waals surface area (Å²) in [7, 11) is -8.19. The minimum absolute atomic E-state index is 0.00222. The van der Waals surface area contributed by atoms with E-state index in [2.05, 4.69) is 4.72 Å². The average molecular weight is 560 g/mol. The monoisotopic (exact) mass is 559 g/mol. The van der Waals surface area contributed by atoms with Crippen molar-refractivity contribution in [2.45, 2.75) is 53.5 Å². The largest absolute Gasteiger partial charge is 0.490 e. The molecular weight excluding hydrogens is 536 g/mol. The summed E-state index contributed by atoms with van der Waals surface area (Å²) in [6.07, 6.45) is -0.309. The van der Waals surface area contributed by atoms with Crippen molar-refractivity contribution < 1.29 is 35.1 Å². The highest BCUT2D eigenvalue weighted by Crippen LogP contribution is 2.59. The molecule has 0 aromatic heterocycles. The number of sulfone groups is 1. The summed E-state index contributed by atoms with van der Waals surface area (Å²) in [6.45, 7) is 1.03. The SMILES string of the molecule is CC(=O)C[C@@H]1C[C@@H]2[C@@H](CC[C@@]3(S(=O)(=O)c4ccc(Cl)cc4)c4c(F)ccc(F)c4OC[C@@H]23)NS1(=O)=O. The smallest absolute Gasteiger partial charge is 0.215 e. The number of fused-ring (bicyclic) bond motifs is 5. The molecule has 5 atom stereocenters. The molecule has 1 aliphatic carbocycles. The summed E-state index contributed by atoms with van der Waals surface area (Å²) in [6, 6.07) is 6.61. The molecule has 2 heterocycles. The number of carbonyl (C=O) groups excluding carboxylic acids is 1. The molecule has 2 aromatic carbocycles. The number of ether oxygens (including phenoxy) is 1. The molecule has 7 nitrogen and oxygen atoms in total. The van der Waals surface area contributed by atoms with Gasteiger partial charge >= 0.3 is 0 Å². The van der Waals surface area contributed by atoms with Gasteiger partial charge in [-0.3, -0.25) is 4.79 Å². The molecule has 1 N–H and O–H groups in total. The van der Waals surface area contributed by atoms with Crippen molar-refractivity contribution in [3.63, 3.8) is 0 Å². The minimum Gasteiger partial charge on any atom is -0.490 e. The van der Waals surface area contributed by atoms with Gasteiger partial charge in [0.05, 0.1) is 22.3 Å². The summed E-state index contributed by atoms with van der Waals surface area (Å²) >= 11 is 5.97. The normalized spacial score (nSPS) is 30.9. The molecule has 1 saturated carbocycles. The van der Waals surface area contributed by atoms with Gasteiger partial charge in [-0.05, 0) is 68.5 Å². The van der Waals surface area contributed by atoms with E-state index in [4.69, 9.17) is 16.3 Å². The van der Waals surface area contributed by atoms with Gasteiger partial charge in [0, 0.05) is 23.4 Å². The van der Waals surface area contributed by atoms with E-state index in [-0.39, 0.29) is 48.5 Å². The van der Waals surface area contributed by atoms with Crippen molar-refractivity contribution >= 4 is 37.2 Å².